The number of aromatic nitrogens is 3. The first-order valence-electron chi connectivity index (χ1n) is 10.3. The molecule has 0 bridgehead atoms. The minimum Gasteiger partial charge on any atom is -0.288 e. The smallest absolute Gasteiger partial charge is 0.288 e. The highest BCUT2D eigenvalue weighted by atomic mass is 32.2. The van der Waals surface area contributed by atoms with Crippen LogP contribution in [-0.2, 0) is 17.6 Å². The van der Waals surface area contributed by atoms with Gasteiger partial charge in [0.1, 0.15) is 11.1 Å². The highest BCUT2D eigenvalue weighted by Crippen LogP contribution is 2.34. The lowest BCUT2D eigenvalue weighted by atomic mass is 9.82. The van der Waals surface area contributed by atoms with Crippen molar-refractivity contribution in [3.05, 3.63) is 65.0 Å². The van der Waals surface area contributed by atoms with Crippen molar-refractivity contribution in [3.63, 3.8) is 0 Å². The number of aryl methyl sites for hydroxylation is 1. The molecule has 3 aromatic rings. The molecular weight excluding hydrogens is 410 g/mol. The van der Waals surface area contributed by atoms with Crippen LogP contribution in [0.5, 0.6) is 0 Å². The van der Waals surface area contributed by atoms with Gasteiger partial charge in [-0.3, -0.25) is 14.6 Å². The van der Waals surface area contributed by atoms with Crippen molar-refractivity contribution in [2.45, 2.75) is 50.1 Å². The molecule has 0 aliphatic heterocycles. The first-order chi connectivity index (χ1) is 15.0. The zero-order valence-electron chi connectivity index (χ0n) is 17.5. The van der Waals surface area contributed by atoms with Gasteiger partial charge in [0.15, 0.2) is 6.04 Å². The third kappa shape index (κ3) is 4.94. The Morgan fingerprint density at radius 2 is 2.19 bits per heavy atom. The number of nitrogens with one attached hydrogen (secondary N) is 1. The summed E-state index contributed by atoms with van der Waals surface area (Å²) in [7, 11) is 0. The van der Waals surface area contributed by atoms with Gasteiger partial charge in [-0.05, 0) is 60.9 Å². The first kappa shape index (κ1) is 21.1. The largest absolute Gasteiger partial charge is 0.302 e. The third-order valence-corrected chi connectivity index (χ3v) is 6.35. The van der Waals surface area contributed by atoms with Crippen LogP contribution in [0.25, 0.3) is 0 Å². The van der Waals surface area contributed by atoms with Gasteiger partial charge in [-0.15, -0.1) is 0 Å². The van der Waals surface area contributed by atoms with Gasteiger partial charge in [-0.25, -0.2) is 4.98 Å². The lowest BCUT2D eigenvalue weighted by Gasteiger charge is -2.25. The van der Waals surface area contributed by atoms with Crippen molar-refractivity contribution in [1.29, 1.82) is 5.26 Å². The third-order valence-electron chi connectivity index (χ3n) is 5.36. The summed E-state index contributed by atoms with van der Waals surface area (Å²) in [5.41, 5.74) is 4.00. The van der Waals surface area contributed by atoms with E-state index in [0.29, 0.717) is 22.4 Å². The highest BCUT2D eigenvalue weighted by Gasteiger charge is 2.23. The Balaban J connectivity index is 1.42. The maximum absolute atomic E-state index is 12.3. The minimum absolute atomic E-state index is 0.134. The Bertz CT molecular complexity index is 1120. The second-order valence-corrected chi connectivity index (χ2v) is 8.85. The van der Waals surface area contributed by atoms with Gasteiger partial charge in [0, 0.05) is 5.69 Å². The van der Waals surface area contributed by atoms with E-state index in [-0.39, 0.29) is 17.7 Å². The van der Waals surface area contributed by atoms with Gasteiger partial charge in [-0.1, -0.05) is 42.1 Å². The maximum Gasteiger partial charge on any atom is 0.302 e. The van der Waals surface area contributed by atoms with E-state index in [0.717, 1.165) is 30.5 Å². The number of anilines is 1. The van der Waals surface area contributed by atoms with Crippen LogP contribution in [0.1, 0.15) is 54.6 Å². The number of fused-ring (bicyclic) bond motifs is 1. The number of hydrogen-bond donors (Lipinski definition) is 1. The summed E-state index contributed by atoms with van der Waals surface area (Å²) in [6.07, 6.45) is 4.43. The first-order valence-corrected chi connectivity index (χ1v) is 11.3. The fourth-order valence-corrected chi connectivity index (χ4v) is 4.48. The van der Waals surface area contributed by atoms with Crippen LogP contribution < -0.4 is 10.00 Å². The van der Waals surface area contributed by atoms with E-state index in [1.807, 2.05) is 26.0 Å². The summed E-state index contributed by atoms with van der Waals surface area (Å²) >= 11 is 1.27. The molecule has 1 N–H and O–H groups in total. The van der Waals surface area contributed by atoms with Crippen LogP contribution in [0.15, 0.2) is 52.1 Å². The van der Waals surface area contributed by atoms with Crippen molar-refractivity contribution in [2.75, 3.05) is 11.1 Å². The fourth-order valence-electron chi connectivity index (χ4n) is 3.71. The summed E-state index contributed by atoms with van der Waals surface area (Å²) in [6.45, 7) is 3.94. The van der Waals surface area contributed by atoms with Crippen molar-refractivity contribution in [3.8, 4) is 6.07 Å². The van der Waals surface area contributed by atoms with E-state index >= 15 is 0 Å². The van der Waals surface area contributed by atoms with Crippen molar-refractivity contribution in [1.82, 2.24) is 10.3 Å². The second kappa shape index (κ2) is 9.31. The van der Waals surface area contributed by atoms with Gasteiger partial charge in [-0.2, -0.15) is 5.26 Å². The van der Waals surface area contributed by atoms with Crippen LogP contribution in [0.2, 0.25) is 0 Å². The molecule has 1 aliphatic rings. The molecule has 2 heterocycles. The van der Waals surface area contributed by atoms with E-state index < -0.39 is 0 Å². The Kier molecular flexibility index (Phi) is 6.33. The average Bonchev–Trinajstić information content (AvgIpc) is 3.26. The Morgan fingerprint density at radius 3 is 2.90 bits per heavy atom. The fraction of sp³-hybridized carbons (Fsp3) is 0.348. The molecule has 2 aromatic heterocycles. The summed E-state index contributed by atoms with van der Waals surface area (Å²) in [6, 6.07) is 14.8. The van der Waals surface area contributed by atoms with Crippen LogP contribution in [0.4, 0.5) is 5.88 Å². The van der Waals surface area contributed by atoms with E-state index in [1.54, 1.807) is 10.9 Å². The quantitative estimate of drug-likeness (QED) is 0.468. The molecule has 7 nitrogen and oxygen atoms in total. The molecule has 0 saturated carbocycles. The number of hydrogen-bond acceptors (Lipinski definition) is 6. The number of benzene rings is 1. The van der Waals surface area contributed by atoms with Crippen molar-refractivity contribution in [2.24, 2.45) is 0 Å². The second-order valence-electron chi connectivity index (χ2n) is 7.89. The molecule has 4 rings (SSSR count). The van der Waals surface area contributed by atoms with Crippen molar-refractivity contribution >= 4 is 23.6 Å². The predicted molar refractivity (Wildman–Crippen MR) is 117 cm³/mol. The van der Waals surface area contributed by atoms with Gasteiger partial charge in [0.25, 0.3) is 6.20 Å². The molecule has 1 amide bonds. The van der Waals surface area contributed by atoms with Crippen LogP contribution in [-0.4, -0.2) is 21.9 Å². The summed E-state index contributed by atoms with van der Waals surface area (Å²) in [5, 5.41) is 16.8. The Morgan fingerprint density at radius 1 is 1.39 bits per heavy atom. The minimum atomic E-state index is -0.232. The Hall–Kier alpha value is -3.18. The number of nitriles is 1. The van der Waals surface area contributed by atoms with Crippen LogP contribution >= 0.6 is 11.8 Å². The molecule has 0 saturated heterocycles. The lowest BCUT2D eigenvalue weighted by molar-refractivity contribution is -0.779. The molecule has 1 unspecified atom stereocenters. The predicted octanol–water partition coefficient (Wildman–Crippen LogP) is 3.81. The monoisotopic (exact) mass is 434 g/mol. The van der Waals surface area contributed by atoms with Gasteiger partial charge in [0.2, 0.25) is 11.2 Å². The number of nitrogens with zero attached hydrogens (tertiary/aromatic N) is 4. The van der Waals surface area contributed by atoms with E-state index in [4.69, 9.17) is 9.51 Å². The van der Waals surface area contributed by atoms with Gasteiger partial charge in [0.05, 0.1) is 11.3 Å². The van der Waals surface area contributed by atoms with E-state index in [2.05, 4.69) is 40.9 Å². The highest BCUT2D eigenvalue weighted by molar-refractivity contribution is 8.00. The maximum atomic E-state index is 12.3. The number of amides is 1. The molecule has 1 atom stereocenters. The number of rotatable bonds is 6. The molecule has 8 heteroatoms. The zero-order chi connectivity index (χ0) is 21.8. The van der Waals surface area contributed by atoms with Crippen LogP contribution in [0, 0.1) is 11.3 Å². The lowest BCUT2D eigenvalue weighted by Crippen LogP contribution is -2.36. The molecule has 0 radical (unpaired) electrons. The summed E-state index contributed by atoms with van der Waals surface area (Å²) in [5.74, 6) is 0.645. The van der Waals surface area contributed by atoms with E-state index in [1.165, 1.54) is 17.3 Å². The molecule has 0 spiro atoms. The molecule has 0 fully saturated rings. The Labute approximate surface area is 185 Å². The number of carbonyl (C=O) groups excluding carboxylic acids is 1. The number of pyridine rings is 1. The van der Waals surface area contributed by atoms with Gasteiger partial charge < -0.3 is 0 Å². The normalized spacial score (nSPS) is 15.4. The molecule has 158 valence electrons. The number of thioether (sulfide) groups is 1. The van der Waals surface area contributed by atoms with E-state index in [9.17, 15) is 10.1 Å². The molecule has 1 aliphatic carbocycles. The zero-order valence-corrected chi connectivity index (χ0v) is 18.4. The topological polar surface area (TPSA) is 95.7 Å². The van der Waals surface area contributed by atoms with Crippen LogP contribution in [0.3, 0.4) is 0 Å². The van der Waals surface area contributed by atoms with Crippen molar-refractivity contribution < 1.29 is 14.0 Å². The molecule has 1 aromatic carbocycles. The standard InChI is InChI=1S/C23H23N5O2S/c1-15(2)28-13-22(30-27-28)26-21(29)14-31-23-19(12-24)11-18-10-17(8-9-20(18)25-23)16-6-4-3-5-7-16/h3-7,11,13,15,17H,8-10,14H2,1-2H3/p+1. The SMILES string of the molecule is CC(C)[n+]1cc(NC(=O)CSc2nc3c(cc2C#N)CC(c2ccccc2)CC3)on1. The average molecular weight is 435 g/mol. The number of carbonyl (C=O) groups is 1. The summed E-state index contributed by atoms with van der Waals surface area (Å²) in [4.78, 5) is 17.1. The molecule has 31 heavy (non-hydrogen) atoms. The molecular formula is C23H24N5O2S+. The van der Waals surface area contributed by atoms with Gasteiger partial charge >= 0.3 is 5.88 Å². The summed E-state index contributed by atoms with van der Waals surface area (Å²) < 4.78 is 6.75.